The Kier molecular flexibility index (Phi) is 6.09. The molecule has 0 aliphatic heterocycles. The van der Waals surface area contributed by atoms with Gasteiger partial charge in [-0.15, -0.1) is 11.3 Å². The first-order valence-corrected chi connectivity index (χ1v) is 11.1. The molecule has 0 bridgehead atoms. The number of nitrogens with zero attached hydrogens (tertiary/aromatic N) is 3. The summed E-state index contributed by atoms with van der Waals surface area (Å²) in [7, 11) is 0. The third-order valence-corrected chi connectivity index (χ3v) is 6.61. The lowest BCUT2D eigenvalue weighted by molar-refractivity contribution is -0.140. The summed E-state index contributed by atoms with van der Waals surface area (Å²) in [6.07, 6.45) is -3.24. The van der Waals surface area contributed by atoms with E-state index in [1.54, 1.807) is 44.2 Å². The van der Waals surface area contributed by atoms with Gasteiger partial charge in [0.1, 0.15) is 21.4 Å². The van der Waals surface area contributed by atoms with Crippen molar-refractivity contribution in [2.75, 3.05) is 5.32 Å². The van der Waals surface area contributed by atoms with Crippen molar-refractivity contribution in [3.8, 4) is 11.1 Å². The van der Waals surface area contributed by atoms with Crippen molar-refractivity contribution >= 4 is 50.7 Å². The summed E-state index contributed by atoms with van der Waals surface area (Å²) in [4.78, 5) is 28.8. The predicted octanol–water partition coefficient (Wildman–Crippen LogP) is 5.44. The molecule has 1 aromatic carbocycles. The fourth-order valence-corrected chi connectivity index (χ4v) is 4.53. The van der Waals surface area contributed by atoms with Crippen LogP contribution in [-0.2, 0) is 11.0 Å². The summed E-state index contributed by atoms with van der Waals surface area (Å²) in [5, 5.41) is 7.39. The fraction of sp³-hybridized carbons (Fsp3) is 0.182. The van der Waals surface area contributed by atoms with Crippen LogP contribution < -0.4 is 11.1 Å². The molecule has 12 heteroatoms. The van der Waals surface area contributed by atoms with Crippen LogP contribution in [0.15, 0.2) is 42.6 Å². The van der Waals surface area contributed by atoms with E-state index in [1.807, 2.05) is 0 Å². The molecule has 1 unspecified atom stereocenters. The molecule has 4 aromatic rings. The van der Waals surface area contributed by atoms with Crippen LogP contribution in [0, 0.1) is 6.92 Å². The van der Waals surface area contributed by atoms with Gasteiger partial charge in [-0.1, -0.05) is 41.9 Å². The molecule has 0 spiro atoms. The second-order valence-electron chi connectivity index (χ2n) is 7.48. The van der Waals surface area contributed by atoms with E-state index in [2.05, 4.69) is 15.4 Å². The van der Waals surface area contributed by atoms with E-state index in [-0.39, 0.29) is 26.3 Å². The lowest BCUT2D eigenvalue weighted by atomic mass is 10.0. The number of thiophene rings is 1. The minimum atomic E-state index is -4.72. The van der Waals surface area contributed by atoms with Gasteiger partial charge < -0.3 is 11.1 Å². The van der Waals surface area contributed by atoms with Crippen LogP contribution >= 0.6 is 22.9 Å². The number of hydrogen-bond acceptors (Lipinski definition) is 5. The van der Waals surface area contributed by atoms with Crippen molar-refractivity contribution in [1.29, 1.82) is 0 Å². The maximum absolute atomic E-state index is 13.6. The highest BCUT2D eigenvalue weighted by atomic mass is 35.5. The molecule has 0 saturated carbocycles. The predicted molar refractivity (Wildman–Crippen MR) is 124 cm³/mol. The zero-order chi connectivity index (χ0) is 24.8. The molecule has 0 radical (unpaired) electrons. The molecular formula is C22H17ClF3N5O2S. The molecule has 7 nitrogen and oxygen atoms in total. The number of pyridine rings is 1. The average molecular weight is 508 g/mol. The Balaban J connectivity index is 1.91. The number of primary amides is 1. The smallest absolute Gasteiger partial charge is 0.365 e. The van der Waals surface area contributed by atoms with E-state index in [1.165, 1.54) is 10.9 Å². The molecule has 2 amide bonds. The molecule has 0 saturated heterocycles. The first-order chi connectivity index (χ1) is 16.0. The van der Waals surface area contributed by atoms with Crippen LogP contribution in [0.25, 0.3) is 21.3 Å². The van der Waals surface area contributed by atoms with Crippen LogP contribution in [-0.4, -0.2) is 26.6 Å². The number of anilines is 1. The first kappa shape index (κ1) is 23.7. The highest BCUT2D eigenvalue weighted by Crippen LogP contribution is 2.43. The molecule has 34 heavy (non-hydrogen) atoms. The molecule has 3 aromatic heterocycles. The van der Waals surface area contributed by atoms with E-state index in [0.717, 1.165) is 6.07 Å². The van der Waals surface area contributed by atoms with Crippen LogP contribution in [0.2, 0.25) is 5.02 Å². The zero-order valence-corrected chi connectivity index (χ0v) is 19.3. The zero-order valence-electron chi connectivity index (χ0n) is 17.8. The van der Waals surface area contributed by atoms with Gasteiger partial charge in [-0.25, -0.2) is 4.98 Å². The highest BCUT2D eigenvalue weighted by molar-refractivity contribution is 7.21. The summed E-state index contributed by atoms with van der Waals surface area (Å²) in [6, 6.07) is 8.35. The Morgan fingerprint density at radius 3 is 2.47 bits per heavy atom. The van der Waals surface area contributed by atoms with Gasteiger partial charge in [-0.05, 0) is 31.0 Å². The lowest BCUT2D eigenvalue weighted by Crippen LogP contribution is -2.25. The van der Waals surface area contributed by atoms with Crippen LogP contribution in [0.3, 0.4) is 0 Å². The van der Waals surface area contributed by atoms with Gasteiger partial charge in [0.25, 0.3) is 5.91 Å². The van der Waals surface area contributed by atoms with Crippen molar-refractivity contribution in [1.82, 2.24) is 14.8 Å². The maximum atomic E-state index is 13.6. The van der Waals surface area contributed by atoms with Gasteiger partial charge in [-0.2, -0.15) is 18.3 Å². The number of hydrogen-bond donors (Lipinski definition) is 2. The first-order valence-electron chi connectivity index (χ1n) is 9.89. The number of benzene rings is 1. The number of fused-ring (bicyclic) bond motifs is 1. The Bertz CT molecular complexity index is 1400. The third kappa shape index (κ3) is 4.36. The summed E-state index contributed by atoms with van der Waals surface area (Å²) >= 11 is 6.71. The number of nitrogens with two attached hydrogens (primary N) is 1. The van der Waals surface area contributed by atoms with E-state index >= 15 is 0 Å². The number of aromatic nitrogens is 3. The minimum Gasteiger partial charge on any atom is -0.365 e. The van der Waals surface area contributed by atoms with E-state index in [9.17, 15) is 22.8 Å². The van der Waals surface area contributed by atoms with Crippen molar-refractivity contribution < 1.29 is 22.8 Å². The van der Waals surface area contributed by atoms with Crippen molar-refractivity contribution in [3.63, 3.8) is 0 Å². The molecule has 1 atom stereocenters. The molecule has 0 aliphatic rings. The SMILES string of the molecule is Cc1nn(C(C)C(=O)Nc2c(C(N)=O)sc3nc(C(F)(F)F)cc(-c4ccccc4)c23)cc1Cl. The molecule has 176 valence electrons. The van der Waals surface area contributed by atoms with Gasteiger partial charge in [-0.3, -0.25) is 14.3 Å². The van der Waals surface area contributed by atoms with Gasteiger partial charge in [0.2, 0.25) is 5.91 Å². The van der Waals surface area contributed by atoms with Gasteiger partial charge >= 0.3 is 6.18 Å². The molecule has 3 N–H and O–H groups in total. The number of amides is 2. The van der Waals surface area contributed by atoms with Crippen LogP contribution in [0.5, 0.6) is 0 Å². The fourth-order valence-electron chi connectivity index (χ4n) is 3.39. The number of rotatable bonds is 5. The van der Waals surface area contributed by atoms with Crippen LogP contribution in [0.4, 0.5) is 18.9 Å². The molecule has 4 rings (SSSR count). The summed E-state index contributed by atoms with van der Waals surface area (Å²) < 4.78 is 42.1. The lowest BCUT2D eigenvalue weighted by Gasteiger charge is -2.15. The number of halogens is 4. The molecule has 0 aliphatic carbocycles. The van der Waals surface area contributed by atoms with E-state index < -0.39 is 29.7 Å². The highest BCUT2D eigenvalue weighted by Gasteiger charge is 2.35. The monoisotopic (exact) mass is 507 g/mol. The number of aryl methyl sites for hydroxylation is 1. The number of carbonyl (C=O) groups excluding carboxylic acids is 2. The summed E-state index contributed by atoms with van der Waals surface area (Å²) in [6.45, 7) is 3.24. The Morgan fingerprint density at radius 2 is 1.91 bits per heavy atom. The van der Waals surface area contributed by atoms with Gasteiger partial charge in [0, 0.05) is 11.6 Å². The Morgan fingerprint density at radius 1 is 1.24 bits per heavy atom. The summed E-state index contributed by atoms with van der Waals surface area (Å²) in [5.74, 6) is -1.48. The second kappa shape index (κ2) is 8.73. The Hall–Kier alpha value is -3.44. The maximum Gasteiger partial charge on any atom is 0.433 e. The standard InChI is InChI=1S/C22H17ClF3N5O2S/c1-10-14(23)9-31(30-10)11(2)20(33)29-17-16-13(12-6-4-3-5-7-12)8-15(22(24,25)26)28-21(16)34-18(17)19(27)32/h3-9,11H,1-2H3,(H2,27,32)(H,29,33). The molecule has 3 heterocycles. The quantitative estimate of drug-likeness (QED) is 0.375. The van der Waals surface area contributed by atoms with Crippen molar-refractivity contribution in [3.05, 3.63) is 63.9 Å². The van der Waals surface area contributed by atoms with Crippen LogP contribution in [0.1, 0.15) is 34.0 Å². The average Bonchev–Trinajstić information content (AvgIpc) is 3.32. The van der Waals surface area contributed by atoms with E-state index in [0.29, 0.717) is 27.6 Å². The topological polar surface area (TPSA) is 103 Å². The minimum absolute atomic E-state index is 0.000553. The second-order valence-corrected chi connectivity index (χ2v) is 8.88. The van der Waals surface area contributed by atoms with Gasteiger partial charge in [0.15, 0.2) is 0 Å². The normalized spacial score (nSPS) is 12.6. The van der Waals surface area contributed by atoms with Crippen molar-refractivity contribution in [2.24, 2.45) is 5.73 Å². The third-order valence-electron chi connectivity index (χ3n) is 5.14. The molecular weight excluding hydrogens is 491 g/mol. The van der Waals surface area contributed by atoms with Crippen molar-refractivity contribution in [2.45, 2.75) is 26.1 Å². The number of nitrogens with one attached hydrogen (secondary N) is 1. The largest absolute Gasteiger partial charge is 0.433 e. The Labute approximate surface area is 200 Å². The summed E-state index contributed by atoms with van der Waals surface area (Å²) in [5.41, 5.74) is 5.52. The number of alkyl halides is 3. The molecule has 0 fully saturated rings. The van der Waals surface area contributed by atoms with E-state index in [4.69, 9.17) is 17.3 Å². The van der Waals surface area contributed by atoms with Gasteiger partial charge in [0.05, 0.1) is 16.4 Å². The number of carbonyl (C=O) groups is 2.